The summed E-state index contributed by atoms with van der Waals surface area (Å²) in [6, 6.07) is 7.62. The van der Waals surface area contributed by atoms with Gasteiger partial charge in [0.05, 0.1) is 12.8 Å². The van der Waals surface area contributed by atoms with Crippen LogP contribution in [0.2, 0.25) is 0 Å². The molecule has 3 rings (SSSR count). The summed E-state index contributed by atoms with van der Waals surface area (Å²) in [5.41, 5.74) is 1.79. The first kappa shape index (κ1) is 17.4. The lowest BCUT2D eigenvalue weighted by molar-refractivity contribution is -0.122. The Morgan fingerprint density at radius 1 is 1.28 bits per heavy atom. The number of anilines is 1. The Labute approximate surface area is 150 Å². The first-order chi connectivity index (χ1) is 12.2. The molecule has 2 N–H and O–H groups in total. The third kappa shape index (κ3) is 5.03. The fourth-order valence-electron chi connectivity index (χ4n) is 2.36. The summed E-state index contributed by atoms with van der Waals surface area (Å²) in [6.07, 6.45) is 2.98. The van der Waals surface area contributed by atoms with Gasteiger partial charge in [-0.05, 0) is 43.5 Å². The van der Waals surface area contributed by atoms with Crippen LogP contribution in [0.15, 0.2) is 29.6 Å². The van der Waals surface area contributed by atoms with Crippen LogP contribution in [-0.4, -0.2) is 30.5 Å². The van der Waals surface area contributed by atoms with Gasteiger partial charge in [0.1, 0.15) is 5.75 Å². The largest absolute Gasteiger partial charge is 0.497 e. The highest BCUT2D eigenvalue weighted by atomic mass is 32.1. The summed E-state index contributed by atoms with van der Waals surface area (Å²) < 4.78 is 5.14. The zero-order valence-corrected chi connectivity index (χ0v) is 14.9. The molecular formula is C18H21N3O3S. The number of benzene rings is 1. The van der Waals surface area contributed by atoms with E-state index in [2.05, 4.69) is 15.6 Å². The number of nitrogens with zero attached hydrogens (tertiary/aromatic N) is 1. The number of nitrogens with one attached hydrogen (secondary N) is 2. The van der Waals surface area contributed by atoms with E-state index < -0.39 is 0 Å². The van der Waals surface area contributed by atoms with E-state index >= 15 is 0 Å². The van der Waals surface area contributed by atoms with Crippen molar-refractivity contribution < 1.29 is 14.3 Å². The third-order valence-electron chi connectivity index (χ3n) is 3.96. The lowest BCUT2D eigenvalue weighted by Gasteiger charge is -2.04. The van der Waals surface area contributed by atoms with Crippen LogP contribution in [0.25, 0.3) is 11.3 Å². The van der Waals surface area contributed by atoms with Crippen LogP contribution in [0.1, 0.15) is 25.7 Å². The van der Waals surface area contributed by atoms with Crippen LogP contribution in [-0.2, 0) is 9.59 Å². The molecule has 2 aromatic rings. The summed E-state index contributed by atoms with van der Waals surface area (Å²) in [5, 5.41) is 8.16. The molecule has 0 unspecified atom stereocenters. The van der Waals surface area contributed by atoms with E-state index in [-0.39, 0.29) is 17.7 Å². The van der Waals surface area contributed by atoms with Gasteiger partial charge >= 0.3 is 0 Å². The zero-order chi connectivity index (χ0) is 17.6. The molecule has 0 saturated heterocycles. The molecule has 2 amide bonds. The quantitative estimate of drug-likeness (QED) is 0.710. The highest BCUT2D eigenvalue weighted by Crippen LogP contribution is 2.28. The van der Waals surface area contributed by atoms with Crippen LogP contribution >= 0.6 is 11.3 Å². The number of rotatable bonds is 8. The predicted molar refractivity (Wildman–Crippen MR) is 97.7 cm³/mol. The first-order valence-corrected chi connectivity index (χ1v) is 9.21. The molecule has 0 aliphatic heterocycles. The minimum atomic E-state index is -0.0868. The van der Waals surface area contributed by atoms with E-state index in [9.17, 15) is 9.59 Å². The van der Waals surface area contributed by atoms with Crippen LogP contribution in [0.5, 0.6) is 5.75 Å². The molecule has 1 heterocycles. The maximum atomic E-state index is 12.0. The topological polar surface area (TPSA) is 80.3 Å². The molecule has 1 fully saturated rings. The van der Waals surface area contributed by atoms with Gasteiger partial charge in [-0.3, -0.25) is 9.59 Å². The average Bonchev–Trinajstić information content (AvgIpc) is 3.38. The Hall–Kier alpha value is -2.41. The molecule has 25 heavy (non-hydrogen) atoms. The molecule has 132 valence electrons. The predicted octanol–water partition coefficient (Wildman–Crippen LogP) is 3.06. The Balaban J connectivity index is 1.43. The van der Waals surface area contributed by atoms with Gasteiger partial charge in [0, 0.05) is 29.8 Å². The molecule has 0 atom stereocenters. The van der Waals surface area contributed by atoms with Gasteiger partial charge in [-0.25, -0.2) is 4.98 Å². The monoisotopic (exact) mass is 359 g/mol. The summed E-state index contributed by atoms with van der Waals surface area (Å²) in [4.78, 5) is 27.9. The van der Waals surface area contributed by atoms with Crippen molar-refractivity contribution in [3.05, 3.63) is 29.6 Å². The van der Waals surface area contributed by atoms with E-state index in [0.29, 0.717) is 24.5 Å². The van der Waals surface area contributed by atoms with Crippen LogP contribution < -0.4 is 15.4 Å². The molecule has 1 aliphatic rings. The molecule has 1 saturated carbocycles. The number of amides is 2. The zero-order valence-electron chi connectivity index (χ0n) is 14.1. The lowest BCUT2D eigenvalue weighted by Crippen LogP contribution is -2.26. The number of carbonyl (C=O) groups is 2. The molecule has 0 radical (unpaired) electrons. The second-order valence-electron chi connectivity index (χ2n) is 5.98. The molecular weight excluding hydrogens is 338 g/mol. The number of hydrogen-bond donors (Lipinski definition) is 2. The summed E-state index contributed by atoms with van der Waals surface area (Å²) in [6.45, 7) is 0.539. The number of ether oxygens (including phenoxy) is 1. The molecule has 0 spiro atoms. The molecule has 1 aromatic carbocycles. The van der Waals surface area contributed by atoms with Gasteiger partial charge in [-0.1, -0.05) is 0 Å². The minimum absolute atomic E-state index is 0.0868. The van der Waals surface area contributed by atoms with Gasteiger partial charge in [-0.2, -0.15) is 0 Å². The average molecular weight is 359 g/mol. The fraction of sp³-hybridized carbons (Fsp3) is 0.389. The summed E-state index contributed by atoms with van der Waals surface area (Å²) in [7, 11) is 1.63. The van der Waals surface area contributed by atoms with Gasteiger partial charge in [0.2, 0.25) is 11.8 Å². The molecule has 1 aromatic heterocycles. The number of carbonyl (C=O) groups excluding carboxylic acids is 2. The number of thiazole rings is 1. The fourth-order valence-corrected chi connectivity index (χ4v) is 3.09. The summed E-state index contributed by atoms with van der Waals surface area (Å²) in [5.74, 6) is 1.03. The van der Waals surface area contributed by atoms with E-state index in [4.69, 9.17) is 4.74 Å². The van der Waals surface area contributed by atoms with Gasteiger partial charge < -0.3 is 15.4 Å². The van der Waals surface area contributed by atoms with E-state index in [0.717, 1.165) is 29.8 Å². The van der Waals surface area contributed by atoms with Crippen molar-refractivity contribution in [1.29, 1.82) is 0 Å². The molecule has 1 aliphatic carbocycles. The highest BCUT2D eigenvalue weighted by molar-refractivity contribution is 7.14. The van der Waals surface area contributed by atoms with Crippen LogP contribution in [0.4, 0.5) is 5.13 Å². The smallest absolute Gasteiger partial charge is 0.226 e. The number of hydrogen-bond acceptors (Lipinski definition) is 5. The van der Waals surface area contributed by atoms with Crippen molar-refractivity contribution in [3.8, 4) is 17.0 Å². The number of methoxy groups -OCH3 is 1. The van der Waals surface area contributed by atoms with E-state index in [1.807, 2.05) is 29.6 Å². The van der Waals surface area contributed by atoms with Gasteiger partial charge in [-0.15, -0.1) is 11.3 Å². The van der Waals surface area contributed by atoms with Crippen molar-refractivity contribution in [3.63, 3.8) is 0 Å². The summed E-state index contributed by atoms with van der Waals surface area (Å²) >= 11 is 1.39. The minimum Gasteiger partial charge on any atom is -0.497 e. The lowest BCUT2D eigenvalue weighted by atomic mass is 10.2. The van der Waals surface area contributed by atoms with Crippen molar-refractivity contribution in [1.82, 2.24) is 10.3 Å². The van der Waals surface area contributed by atoms with Crippen molar-refractivity contribution >= 4 is 28.3 Å². The maximum absolute atomic E-state index is 12.0. The van der Waals surface area contributed by atoms with Crippen molar-refractivity contribution in [2.24, 2.45) is 5.92 Å². The Kier molecular flexibility index (Phi) is 5.65. The Morgan fingerprint density at radius 3 is 2.72 bits per heavy atom. The standard InChI is InChI=1S/C18H21N3O3S/c1-24-14-8-6-12(7-9-14)15-11-25-18(20-15)21-16(22)3-2-10-19-17(23)13-4-5-13/h6-9,11,13H,2-5,10H2,1H3,(H,19,23)(H,20,21,22). The van der Waals surface area contributed by atoms with E-state index in [1.54, 1.807) is 7.11 Å². The molecule has 7 heteroatoms. The van der Waals surface area contributed by atoms with Gasteiger partial charge in [0.25, 0.3) is 0 Å². The second-order valence-corrected chi connectivity index (χ2v) is 6.84. The number of aromatic nitrogens is 1. The SMILES string of the molecule is COc1ccc(-c2csc(NC(=O)CCCNC(=O)C3CC3)n2)cc1. The second kappa shape index (κ2) is 8.11. The van der Waals surface area contributed by atoms with Crippen molar-refractivity contribution in [2.75, 3.05) is 19.0 Å². The van der Waals surface area contributed by atoms with Crippen LogP contribution in [0.3, 0.4) is 0 Å². The maximum Gasteiger partial charge on any atom is 0.226 e. The Bertz CT molecular complexity index is 738. The van der Waals surface area contributed by atoms with E-state index in [1.165, 1.54) is 11.3 Å². The van der Waals surface area contributed by atoms with Crippen molar-refractivity contribution in [2.45, 2.75) is 25.7 Å². The highest BCUT2D eigenvalue weighted by Gasteiger charge is 2.28. The molecule has 0 bridgehead atoms. The van der Waals surface area contributed by atoms with Crippen LogP contribution in [0, 0.1) is 5.92 Å². The normalized spacial score (nSPS) is 13.3. The van der Waals surface area contributed by atoms with Gasteiger partial charge in [0.15, 0.2) is 5.13 Å². The Morgan fingerprint density at radius 2 is 2.04 bits per heavy atom. The third-order valence-corrected chi connectivity index (χ3v) is 4.72. The molecule has 6 nitrogen and oxygen atoms in total. The first-order valence-electron chi connectivity index (χ1n) is 8.33.